The third-order valence-corrected chi connectivity index (χ3v) is 3.65. The molecule has 3 rings (SSSR count). The number of hydrogen-bond acceptors (Lipinski definition) is 5. The Morgan fingerprint density at radius 1 is 1.33 bits per heavy atom. The first-order chi connectivity index (χ1) is 8.58. The first kappa shape index (κ1) is 11.6. The summed E-state index contributed by atoms with van der Waals surface area (Å²) in [6, 6.07) is 1.61. The van der Waals surface area contributed by atoms with Crippen LogP contribution in [-0.4, -0.2) is 29.0 Å². The zero-order valence-electron chi connectivity index (χ0n) is 9.30. The predicted molar refractivity (Wildman–Crippen MR) is 66.7 cm³/mol. The van der Waals surface area contributed by atoms with Gasteiger partial charge in [0, 0.05) is 0 Å². The number of aromatic nitrogens is 1. The van der Waals surface area contributed by atoms with Gasteiger partial charge in [0.1, 0.15) is 12.2 Å². The highest BCUT2D eigenvalue weighted by Gasteiger charge is 2.48. The van der Waals surface area contributed by atoms with Crippen LogP contribution in [0.5, 0.6) is 0 Å². The maximum Gasteiger partial charge on any atom is 0.264 e. The first-order valence-electron chi connectivity index (χ1n) is 5.52. The van der Waals surface area contributed by atoms with E-state index >= 15 is 0 Å². The minimum Gasteiger partial charge on any atom is -0.397 e. The molecule has 2 aliphatic heterocycles. The zero-order valence-corrected chi connectivity index (χ0v) is 10.9. The molecule has 6 nitrogen and oxygen atoms in total. The van der Waals surface area contributed by atoms with E-state index < -0.39 is 12.2 Å². The lowest BCUT2D eigenvalue weighted by atomic mass is 10.2. The summed E-state index contributed by atoms with van der Waals surface area (Å²) in [6.07, 6.45) is 1.52. The third-order valence-electron chi connectivity index (χ3n) is 3.07. The number of anilines is 2. The van der Waals surface area contributed by atoms with Gasteiger partial charge in [-0.2, -0.15) is 0 Å². The van der Waals surface area contributed by atoms with Crippen LogP contribution < -0.4 is 10.6 Å². The Morgan fingerprint density at radius 3 is 2.50 bits per heavy atom. The predicted octanol–water partition coefficient (Wildman–Crippen LogP) is 0.847. The summed E-state index contributed by atoms with van der Waals surface area (Å²) in [7, 11) is 0. The van der Waals surface area contributed by atoms with Crippen LogP contribution in [0.3, 0.4) is 0 Å². The molecule has 1 aromatic rings. The number of nitrogens with zero attached hydrogens (tertiary/aromatic N) is 2. The number of fused-ring (bicyclic) bond motifs is 2. The van der Waals surface area contributed by atoms with Crippen LogP contribution in [0.25, 0.3) is 0 Å². The van der Waals surface area contributed by atoms with Crippen LogP contribution in [0.1, 0.15) is 12.8 Å². The van der Waals surface area contributed by atoms with Crippen molar-refractivity contribution in [1.82, 2.24) is 4.98 Å². The second-order valence-corrected chi connectivity index (χ2v) is 5.13. The van der Waals surface area contributed by atoms with Gasteiger partial charge in [-0.3, -0.25) is 9.59 Å². The molecule has 0 aromatic carbocycles. The van der Waals surface area contributed by atoms with Crippen molar-refractivity contribution in [2.24, 2.45) is 0 Å². The number of carbonyl (C=O) groups excluding carboxylic acids is 2. The lowest BCUT2D eigenvalue weighted by Crippen LogP contribution is -2.52. The van der Waals surface area contributed by atoms with Gasteiger partial charge in [-0.1, -0.05) is 0 Å². The number of amides is 2. The van der Waals surface area contributed by atoms with Crippen molar-refractivity contribution >= 4 is 39.2 Å². The van der Waals surface area contributed by atoms with E-state index in [2.05, 4.69) is 20.9 Å². The van der Waals surface area contributed by atoms with Crippen LogP contribution >= 0.6 is 15.9 Å². The molecule has 2 amide bonds. The van der Waals surface area contributed by atoms with Crippen molar-refractivity contribution in [3.8, 4) is 0 Å². The summed E-state index contributed by atoms with van der Waals surface area (Å²) in [5.74, 6) is -0.433. The Labute approximate surface area is 111 Å². The topological polar surface area (TPSA) is 85.5 Å². The Kier molecular flexibility index (Phi) is 2.60. The van der Waals surface area contributed by atoms with Crippen LogP contribution in [0.4, 0.5) is 11.5 Å². The molecule has 7 heteroatoms. The molecule has 0 saturated carbocycles. The molecule has 2 aliphatic rings. The van der Waals surface area contributed by atoms with Gasteiger partial charge in [-0.05, 0) is 34.8 Å². The molecule has 0 spiro atoms. The normalized spacial score (nSPS) is 26.8. The highest BCUT2D eigenvalue weighted by molar-refractivity contribution is 9.10. The molecule has 18 heavy (non-hydrogen) atoms. The van der Waals surface area contributed by atoms with E-state index in [1.165, 1.54) is 6.20 Å². The fourth-order valence-corrected chi connectivity index (χ4v) is 2.76. The summed E-state index contributed by atoms with van der Waals surface area (Å²) in [4.78, 5) is 29.4. The first-order valence-corrected chi connectivity index (χ1v) is 6.31. The van der Waals surface area contributed by atoms with Gasteiger partial charge in [0.2, 0.25) is 0 Å². The number of carbonyl (C=O) groups is 2. The molecular weight excluding hydrogens is 302 g/mol. The number of imide groups is 1. The highest BCUT2D eigenvalue weighted by atomic mass is 79.9. The Hall–Kier alpha value is -1.47. The quantitative estimate of drug-likeness (QED) is 0.777. The molecule has 2 bridgehead atoms. The summed E-state index contributed by atoms with van der Waals surface area (Å²) >= 11 is 3.27. The van der Waals surface area contributed by atoms with Crippen molar-refractivity contribution in [3.63, 3.8) is 0 Å². The minimum atomic E-state index is -0.529. The molecule has 0 radical (unpaired) electrons. The largest absolute Gasteiger partial charge is 0.397 e. The van der Waals surface area contributed by atoms with Crippen molar-refractivity contribution < 1.29 is 14.3 Å². The summed E-state index contributed by atoms with van der Waals surface area (Å²) in [5, 5.41) is 0. The van der Waals surface area contributed by atoms with Crippen LogP contribution in [0.2, 0.25) is 0 Å². The molecule has 2 atom stereocenters. The maximum atomic E-state index is 12.1. The van der Waals surface area contributed by atoms with Gasteiger partial charge >= 0.3 is 0 Å². The molecular formula is C11H10BrN3O3. The minimum absolute atomic E-state index is 0.277. The second kappa shape index (κ2) is 4.03. The summed E-state index contributed by atoms with van der Waals surface area (Å²) in [5.41, 5.74) is 6.05. The molecule has 2 fully saturated rings. The zero-order chi connectivity index (χ0) is 12.9. The lowest BCUT2D eigenvalue weighted by Gasteiger charge is -2.29. The molecule has 1 aromatic heterocycles. The van der Waals surface area contributed by atoms with Gasteiger partial charge in [-0.25, -0.2) is 9.88 Å². The lowest BCUT2D eigenvalue weighted by molar-refractivity contribution is -0.147. The molecule has 2 N–H and O–H groups in total. The molecule has 0 aliphatic carbocycles. The molecule has 2 unspecified atom stereocenters. The van der Waals surface area contributed by atoms with Gasteiger partial charge in [0.15, 0.2) is 5.82 Å². The van der Waals surface area contributed by atoms with E-state index in [0.717, 1.165) is 4.90 Å². The molecule has 94 valence electrons. The van der Waals surface area contributed by atoms with E-state index in [1.54, 1.807) is 6.07 Å². The van der Waals surface area contributed by atoms with Crippen LogP contribution in [0, 0.1) is 0 Å². The van der Waals surface area contributed by atoms with Crippen molar-refractivity contribution in [2.45, 2.75) is 25.0 Å². The van der Waals surface area contributed by atoms with Gasteiger partial charge in [-0.15, -0.1) is 0 Å². The molecule has 2 saturated heterocycles. The summed E-state index contributed by atoms with van der Waals surface area (Å²) in [6.45, 7) is 0. The number of nitrogens with two attached hydrogens (primary N) is 1. The number of nitrogen functional groups attached to an aromatic ring is 1. The van der Waals surface area contributed by atoms with Crippen molar-refractivity contribution in [3.05, 3.63) is 16.7 Å². The number of halogens is 1. The number of ether oxygens (including phenoxy) is 1. The highest BCUT2D eigenvalue weighted by Crippen LogP contribution is 2.34. The Balaban J connectivity index is 2.05. The standard InChI is InChI=1S/C11H10BrN3O3/c12-6-3-5(13)4-14-9(6)15-10(16)7-1-2-8(18-7)11(15)17/h3-4,7-8H,1-2,13H2. The van der Waals surface area contributed by atoms with Crippen LogP contribution in [-0.2, 0) is 14.3 Å². The van der Waals surface area contributed by atoms with Gasteiger partial charge in [0.25, 0.3) is 11.8 Å². The number of rotatable bonds is 1. The smallest absolute Gasteiger partial charge is 0.264 e. The van der Waals surface area contributed by atoms with Crippen molar-refractivity contribution in [1.29, 1.82) is 0 Å². The second-order valence-electron chi connectivity index (χ2n) is 4.28. The van der Waals surface area contributed by atoms with E-state index in [-0.39, 0.29) is 17.6 Å². The average Bonchev–Trinajstić information content (AvgIpc) is 2.76. The third kappa shape index (κ3) is 1.62. The fraction of sp³-hybridized carbons (Fsp3) is 0.364. The van der Waals surface area contributed by atoms with Crippen LogP contribution in [0.15, 0.2) is 16.7 Å². The Morgan fingerprint density at radius 2 is 1.94 bits per heavy atom. The molecule has 3 heterocycles. The maximum absolute atomic E-state index is 12.1. The number of morpholine rings is 1. The SMILES string of the molecule is Nc1cnc(N2C(=O)C3CCC(O3)C2=O)c(Br)c1. The monoisotopic (exact) mass is 311 g/mol. The van der Waals surface area contributed by atoms with Gasteiger partial charge < -0.3 is 10.5 Å². The van der Waals surface area contributed by atoms with E-state index in [0.29, 0.717) is 23.0 Å². The van der Waals surface area contributed by atoms with E-state index in [1.807, 2.05) is 0 Å². The van der Waals surface area contributed by atoms with E-state index in [9.17, 15) is 9.59 Å². The average molecular weight is 312 g/mol. The van der Waals surface area contributed by atoms with Crippen molar-refractivity contribution in [2.75, 3.05) is 10.6 Å². The number of pyridine rings is 1. The fourth-order valence-electron chi connectivity index (χ4n) is 2.22. The summed E-state index contributed by atoms with van der Waals surface area (Å²) < 4.78 is 5.85. The van der Waals surface area contributed by atoms with E-state index in [4.69, 9.17) is 10.5 Å². The Bertz CT molecular complexity index is 526. The number of hydrogen-bond donors (Lipinski definition) is 1. The van der Waals surface area contributed by atoms with Gasteiger partial charge in [0.05, 0.1) is 16.4 Å².